The zero-order valence-corrected chi connectivity index (χ0v) is 15.9. The van der Waals surface area contributed by atoms with Crippen LogP contribution in [0.15, 0.2) is 27.9 Å². The Balaban J connectivity index is 1.87. The standard InChI is InChI=1S/C18H19F3N6O2/c1-24-15(13(10-22)16(28)25(2)17(24)29)27-7-3-6-26(8-9-27)14-5-4-12(11-23-14)18(19,20)21/h4-5,11H,3,6-9H2,1-2H3. The van der Waals surface area contributed by atoms with E-state index in [0.29, 0.717) is 38.4 Å². The molecule has 0 saturated carbocycles. The van der Waals surface area contributed by atoms with Gasteiger partial charge in [0.25, 0.3) is 5.56 Å². The minimum atomic E-state index is -4.45. The number of alkyl halides is 3. The van der Waals surface area contributed by atoms with Gasteiger partial charge < -0.3 is 9.80 Å². The molecule has 2 aromatic heterocycles. The van der Waals surface area contributed by atoms with Gasteiger partial charge in [0.05, 0.1) is 5.56 Å². The van der Waals surface area contributed by atoms with Gasteiger partial charge in [0.15, 0.2) is 5.56 Å². The molecule has 0 atom stereocenters. The van der Waals surface area contributed by atoms with Gasteiger partial charge in [0.2, 0.25) is 0 Å². The van der Waals surface area contributed by atoms with Gasteiger partial charge in [-0.1, -0.05) is 0 Å². The van der Waals surface area contributed by atoms with E-state index >= 15 is 0 Å². The van der Waals surface area contributed by atoms with Gasteiger partial charge in [0.1, 0.15) is 17.7 Å². The zero-order chi connectivity index (χ0) is 21.3. The molecule has 3 heterocycles. The van der Waals surface area contributed by atoms with E-state index in [4.69, 9.17) is 0 Å². The smallest absolute Gasteiger partial charge is 0.355 e. The van der Waals surface area contributed by atoms with E-state index in [-0.39, 0.29) is 11.4 Å². The number of hydrogen-bond donors (Lipinski definition) is 0. The van der Waals surface area contributed by atoms with E-state index in [1.165, 1.54) is 24.7 Å². The fraction of sp³-hybridized carbons (Fsp3) is 0.444. The predicted molar refractivity (Wildman–Crippen MR) is 99.9 cm³/mol. The van der Waals surface area contributed by atoms with E-state index in [1.807, 2.05) is 11.0 Å². The summed E-state index contributed by atoms with van der Waals surface area (Å²) in [4.78, 5) is 32.1. The Kier molecular flexibility index (Phi) is 5.37. The minimum absolute atomic E-state index is 0.115. The number of nitrogens with zero attached hydrogens (tertiary/aromatic N) is 6. The van der Waals surface area contributed by atoms with Crippen LogP contribution >= 0.6 is 0 Å². The Morgan fingerprint density at radius 2 is 1.69 bits per heavy atom. The average molecular weight is 408 g/mol. The second kappa shape index (κ2) is 7.62. The van der Waals surface area contributed by atoms with Crippen molar-refractivity contribution in [3.05, 3.63) is 50.3 Å². The maximum atomic E-state index is 12.7. The lowest BCUT2D eigenvalue weighted by molar-refractivity contribution is -0.137. The molecule has 0 amide bonds. The maximum Gasteiger partial charge on any atom is 0.417 e. The normalized spacial score (nSPS) is 15.2. The number of rotatable bonds is 2. The molecule has 0 unspecified atom stereocenters. The van der Waals surface area contributed by atoms with Crippen molar-refractivity contribution < 1.29 is 13.2 Å². The summed E-state index contributed by atoms with van der Waals surface area (Å²) < 4.78 is 40.3. The van der Waals surface area contributed by atoms with Gasteiger partial charge in [-0.05, 0) is 18.6 Å². The first-order valence-corrected chi connectivity index (χ1v) is 8.88. The van der Waals surface area contributed by atoms with Gasteiger partial charge >= 0.3 is 11.9 Å². The summed E-state index contributed by atoms with van der Waals surface area (Å²) in [6.07, 6.45) is -3.04. The Morgan fingerprint density at radius 1 is 1.03 bits per heavy atom. The molecular formula is C18H19F3N6O2. The third kappa shape index (κ3) is 3.83. The zero-order valence-electron chi connectivity index (χ0n) is 15.9. The van der Waals surface area contributed by atoms with Gasteiger partial charge in [-0.2, -0.15) is 18.4 Å². The van der Waals surface area contributed by atoms with Crippen molar-refractivity contribution in [1.82, 2.24) is 14.1 Å². The number of aromatic nitrogens is 3. The fourth-order valence-corrected chi connectivity index (χ4v) is 3.40. The second-order valence-electron chi connectivity index (χ2n) is 6.75. The summed E-state index contributed by atoms with van der Waals surface area (Å²) in [6, 6.07) is 4.20. The summed E-state index contributed by atoms with van der Waals surface area (Å²) in [5.74, 6) is 0.668. The summed E-state index contributed by atoms with van der Waals surface area (Å²) in [5.41, 5.74) is -2.12. The fourth-order valence-electron chi connectivity index (χ4n) is 3.40. The second-order valence-corrected chi connectivity index (χ2v) is 6.75. The Hall–Kier alpha value is -3.29. The Labute approximate surface area is 164 Å². The lowest BCUT2D eigenvalue weighted by Gasteiger charge is -2.26. The van der Waals surface area contributed by atoms with Gasteiger partial charge in [-0.25, -0.2) is 9.78 Å². The first-order chi connectivity index (χ1) is 13.6. The molecule has 0 radical (unpaired) electrons. The first kappa shape index (κ1) is 20.4. The molecule has 0 N–H and O–H groups in total. The first-order valence-electron chi connectivity index (χ1n) is 8.88. The topological polar surface area (TPSA) is 87.2 Å². The largest absolute Gasteiger partial charge is 0.417 e. The molecule has 0 bridgehead atoms. The minimum Gasteiger partial charge on any atom is -0.355 e. The predicted octanol–water partition coefficient (Wildman–Crippen LogP) is 1.09. The molecule has 154 valence electrons. The van der Waals surface area contributed by atoms with Crippen molar-refractivity contribution in [1.29, 1.82) is 5.26 Å². The van der Waals surface area contributed by atoms with Crippen LogP contribution in [0.1, 0.15) is 17.5 Å². The van der Waals surface area contributed by atoms with Crippen LogP contribution in [-0.2, 0) is 20.3 Å². The van der Waals surface area contributed by atoms with Crippen LogP contribution in [0.2, 0.25) is 0 Å². The molecule has 11 heteroatoms. The van der Waals surface area contributed by atoms with Crippen LogP contribution in [0, 0.1) is 11.3 Å². The molecule has 3 rings (SSSR count). The van der Waals surface area contributed by atoms with E-state index in [9.17, 15) is 28.0 Å². The highest BCUT2D eigenvalue weighted by Crippen LogP contribution is 2.29. The van der Waals surface area contributed by atoms with Crippen LogP contribution in [0.3, 0.4) is 0 Å². The number of pyridine rings is 1. The third-order valence-electron chi connectivity index (χ3n) is 4.94. The van der Waals surface area contributed by atoms with Crippen LogP contribution in [0.4, 0.5) is 24.8 Å². The molecule has 0 aliphatic carbocycles. The molecule has 1 aliphatic heterocycles. The van der Waals surface area contributed by atoms with Gasteiger partial charge in [0, 0.05) is 46.5 Å². The number of nitriles is 1. The molecule has 29 heavy (non-hydrogen) atoms. The monoisotopic (exact) mass is 408 g/mol. The van der Waals surface area contributed by atoms with Gasteiger partial charge in [-0.3, -0.25) is 13.9 Å². The summed E-state index contributed by atoms with van der Waals surface area (Å²) in [7, 11) is 2.81. The number of halogens is 3. The van der Waals surface area contributed by atoms with Crippen LogP contribution in [-0.4, -0.2) is 40.3 Å². The lowest BCUT2D eigenvalue weighted by Crippen LogP contribution is -2.43. The maximum absolute atomic E-state index is 12.7. The van der Waals surface area contributed by atoms with Crippen LogP contribution < -0.4 is 21.0 Å². The van der Waals surface area contributed by atoms with Crippen LogP contribution in [0.25, 0.3) is 0 Å². The van der Waals surface area contributed by atoms with E-state index < -0.39 is 23.0 Å². The van der Waals surface area contributed by atoms with Crippen molar-refractivity contribution in [3.8, 4) is 6.07 Å². The van der Waals surface area contributed by atoms with E-state index in [1.54, 1.807) is 4.90 Å². The summed E-state index contributed by atoms with van der Waals surface area (Å²) in [5, 5.41) is 9.44. The highest BCUT2D eigenvalue weighted by atomic mass is 19.4. The third-order valence-corrected chi connectivity index (χ3v) is 4.94. The molecular weight excluding hydrogens is 389 g/mol. The molecule has 8 nitrogen and oxygen atoms in total. The highest BCUT2D eigenvalue weighted by molar-refractivity contribution is 5.54. The van der Waals surface area contributed by atoms with E-state index in [2.05, 4.69) is 4.98 Å². The molecule has 0 spiro atoms. The lowest BCUT2D eigenvalue weighted by atomic mass is 10.2. The van der Waals surface area contributed by atoms with Crippen molar-refractivity contribution in [2.75, 3.05) is 36.0 Å². The SMILES string of the molecule is Cn1c(N2CCCN(c3ccc(C(F)(F)F)cn3)CC2)c(C#N)c(=O)n(C)c1=O. The molecule has 1 saturated heterocycles. The van der Waals surface area contributed by atoms with Crippen molar-refractivity contribution in [3.63, 3.8) is 0 Å². The van der Waals surface area contributed by atoms with E-state index in [0.717, 1.165) is 16.8 Å². The quantitative estimate of drug-likeness (QED) is 0.739. The van der Waals surface area contributed by atoms with Gasteiger partial charge in [-0.15, -0.1) is 0 Å². The Morgan fingerprint density at radius 3 is 2.28 bits per heavy atom. The number of hydrogen-bond acceptors (Lipinski definition) is 6. The molecule has 0 aromatic carbocycles. The van der Waals surface area contributed by atoms with Crippen molar-refractivity contribution >= 4 is 11.6 Å². The highest BCUT2D eigenvalue weighted by Gasteiger charge is 2.31. The number of anilines is 2. The molecule has 1 aliphatic rings. The van der Waals surface area contributed by atoms with Crippen molar-refractivity contribution in [2.45, 2.75) is 12.6 Å². The Bertz CT molecular complexity index is 1070. The summed E-state index contributed by atoms with van der Waals surface area (Å²) in [6.45, 7) is 1.80. The molecule has 2 aromatic rings. The van der Waals surface area contributed by atoms with Crippen LogP contribution in [0.5, 0.6) is 0 Å². The average Bonchev–Trinajstić information content (AvgIpc) is 2.94. The molecule has 1 fully saturated rings. The van der Waals surface area contributed by atoms with Crippen molar-refractivity contribution in [2.24, 2.45) is 14.1 Å². The summed E-state index contributed by atoms with van der Waals surface area (Å²) >= 11 is 0.